The Morgan fingerprint density at radius 3 is 2.33 bits per heavy atom. The SMILES string of the molecule is O=S(=O)(Cl)C1CCCCCC1F. The van der Waals surface area contributed by atoms with Crippen molar-refractivity contribution in [1.82, 2.24) is 0 Å². The van der Waals surface area contributed by atoms with E-state index in [1.165, 1.54) is 0 Å². The van der Waals surface area contributed by atoms with Gasteiger partial charge in [0.2, 0.25) is 9.05 Å². The average Bonchev–Trinajstić information content (AvgIpc) is 2.11. The Hall–Kier alpha value is 0.170. The van der Waals surface area contributed by atoms with Crippen molar-refractivity contribution in [3.8, 4) is 0 Å². The molecule has 2 atom stereocenters. The van der Waals surface area contributed by atoms with Crippen molar-refractivity contribution in [2.45, 2.75) is 43.5 Å². The van der Waals surface area contributed by atoms with Crippen LogP contribution in [0.15, 0.2) is 0 Å². The van der Waals surface area contributed by atoms with Gasteiger partial charge in [-0.05, 0) is 12.8 Å². The van der Waals surface area contributed by atoms with Crippen LogP contribution in [0, 0.1) is 0 Å². The summed E-state index contributed by atoms with van der Waals surface area (Å²) in [6, 6.07) is 0. The quantitative estimate of drug-likeness (QED) is 0.496. The summed E-state index contributed by atoms with van der Waals surface area (Å²) in [7, 11) is 1.41. The molecule has 2 nitrogen and oxygen atoms in total. The van der Waals surface area contributed by atoms with Crippen LogP contribution in [0.2, 0.25) is 0 Å². The van der Waals surface area contributed by atoms with Crippen LogP contribution in [0.4, 0.5) is 4.39 Å². The van der Waals surface area contributed by atoms with E-state index in [9.17, 15) is 12.8 Å². The molecule has 5 heteroatoms. The second kappa shape index (κ2) is 3.92. The first-order valence-corrected chi connectivity index (χ1v) is 6.46. The van der Waals surface area contributed by atoms with Crippen LogP contribution in [-0.2, 0) is 9.05 Å². The molecule has 1 aliphatic carbocycles. The fraction of sp³-hybridized carbons (Fsp3) is 1.00. The van der Waals surface area contributed by atoms with Crippen molar-refractivity contribution in [3.63, 3.8) is 0 Å². The van der Waals surface area contributed by atoms with Gasteiger partial charge in [0.15, 0.2) is 0 Å². The van der Waals surface area contributed by atoms with Gasteiger partial charge in [-0.1, -0.05) is 19.3 Å². The van der Waals surface area contributed by atoms with E-state index in [1.807, 2.05) is 0 Å². The Labute approximate surface area is 76.5 Å². The summed E-state index contributed by atoms with van der Waals surface area (Å²) in [6.45, 7) is 0. The second-order valence-electron chi connectivity index (χ2n) is 3.17. The van der Waals surface area contributed by atoms with Gasteiger partial charge in [0.25, 0.3) is 0 Å². The first-order chi connectivity index (χ1) is 5.52. The van der Waals surface area contributed by atoms with Crippen LogP contribution in [0.1, 0.15) is 32.1 Å². The smallest absolute Gasteiger partial charge is 0.238 e. The minimum atomic E-state index is -3.70. The van der Waals surface area contributed by atoms with Gasteiger partial charge in [-0.25, -0.2) is 12.8 Å². The Morgan fingerprint density at radius 1 is 1.17 bits per heavy atom. The van der Waals surface area contributed by atoms with Gasteiger partial charge in [-0.3, -0.25) is 0 Å². The molecule has 0 heterocycles. The lowest BCUT2D eigenvalue weighted by molar-refractivity contribution is 0.303. The van der Waals surface area contributed by atoms with Crippen LogP contribution in [0.25, 0.3) is 0 Å². The predicted octanol–water partition coefficient (Wildman–Crippen LogP) is 2.23. The van der Waals surface area contributed by atoms with Crippen LogP contribution >= 0.6 is 10.7 Å². The van der Waals surface area contributed by atoms with E-state index in [0.717, 1.165) is 19.3 Å². The van der Waals surface area contributed by atoms with E-state index in [0.29, 0.717) is 12.8 Å². The maximum Gasteiger partial charge on any atom is 0.238 e. The highest BCUT2D eigenvalue weighted by atomic mass is 35.7. The molecule has 0 bridgehead atoms. The van der Waals surface area contributed by atoms with Crippen molar-refractivity contribution in [3.05, 3.63) is 0 Å². The molecule has 0 aromatic rings. The highest BCUT2D eigenvalue weighted by molar-refractivity contribution is 8.14. The lowest BCUT2D eigenvalue weighted by Crippen LogP contribution is -2.26. The van der Waals surface area contributed by atoms with Crippen molar-refractivity contribution >= 4 is 19.7 Å². The summed E-state index contributed by atoms with van der Waals surface area (Å²) in [5, 5.41) is -0.971. The van der Waals surface area contributed by atoms with Crippen molar-refractivity contribution in [2.75, 3.05) is 0 Å². The van der Waals surface area contributed by atoms with Crippen molar-refractivity contribution < 1.29 is 12.8 Å². The van der Waals surface area contributed by atoms with E-state index in [2.05, 4.69) is 0 Å². The topological polar surface area (TPSA) is 34.1 Å². The zero-order chi connectivity index (χ0) is 9.19. The molecule has 12 heavy (non-hydrogen) atoms. The molecule has 72 valence electrons. The number of hydrogen-bond acceptors (Lipinski definition) is 2. The van der Waals surface area contributed by atoms with Gasteiger partial charge in [-0.2, -0.15) is 0 Å². The fourth-order valence-electron chi connectivity index (χ4n) is 1.55. The van der Waals surface area contributed by atoms with Gasteiger partial charge in [0, 0.05) is 10.7 Å². The number of halogens is 2. The molecule has 0 radical (unpaired) electrons. The Bertz CT molecular complexity index is 240. The summed E-state index contributed by atoms with van der Waals surface area (Å²) in [5.41, 5.74) is 0. The van der Waals surface area contributed by atoms with E-state index in [4.69, 9.17) is 10.7 Å². The molecule has 0 saturated heterocycles. The summed E-state index contributed by atoms with van der Waals surface area (Å²) in [6.07, 6.45) is 1.86. The third kappa shape index (κ3) is 2.59. The van der Waals surface area contributed by atoms with Gasteiger partial charge < -0.3 is 0 Å². The Balaban J connectivity index is 2.72. The van der Waals surface area contributed by atoms with E-state index in [1.54, 1.807) is 0 Å². The maximum absolute atomic E-state index is 13.1. The molecule has 0 N–H and O–H groups in total. The van der Waals surface area contributed by atoms with E-state index >= 15 is 0 Å². The standard InChI is InChI=1S/C7H12ClFO2S/c8-12(10,11)7-5-3-1-2-4-6(7)9/h6-7H,1-5H2. The first-order valence-electron chi connectivity index (χ1n) is 4.09. The second-order valence-corrected chi connectivity index (χ2v) is 6.02. The minimum Gasteiger partial charge on any atom is -0.246 e. The lowest BCUT2D eigenvalue weighted by atomic mass is 10.2. The molecule has 0 aliphatic heterocycles. The maximum atomic E-state index is 13.1. The highest BCUT2D eigenvalue weighted by Gasteiger charge is 2.32. The molecule has 0 aromatic heterocycles. The van der Waals surface area contributed by atoms with Crippen molar-refractivity contribution in [1.29, 1.82) is 0 Å². The molecular weight excluding hydrogens is 203 g/mol. The normalized spacial score (nSPS) is 32.8. The molecule has 0 amide bonds. The summed E-state index contributed by atoms with van der Waals surface area (Å²) < 4.78 is 34.9. The Morgan fingerprint density at radius 2 is 1.75 bits per heavy atom. The zero-order valence-corrected chi connectivity index (χ0v) is 8.24. The Kier molecular flexibility index (Phi) is 3.35. The van der Waals surface area contributed by atoms with Gasteiger partial charge >= 0.3 is 0 Å². The van der Waals surface area contributed by atoms with Crippen LogP contribution in [0.3, 0.4) is 0 Å². The summed E-state index contributed by atoms with van der Waals surface area (Å²) in [5.74, 6) is 0. The van der Waals surface area contributed by atoms with Crippen LogP contribution in [0.5, 0.6) is 0 Å². The largest absolute Gasteiger partial charge is 0.246 e. The number of rotatable bonds is 1. The molecule has 1 aliphatic rings. The molecule has 2 unspecified atom stereocenters. The predicted molar refractivity (Wildman–Crippen MR) is 46.5 cm³/mol. The number of alkyl halides is 1. The van der Waals surface area contributed by atoms with Crippen LogP contribution < -0.4 is 0 Å². The monoisotopic (exact) mass is 214 g/mol. The van der Waals surface area contributed by atoms with E-state index in [-0.39, 0.29) is 0 Å². The van der Waals surface area contributed by atoms with E-state index < -0.39 is 20.5 Å². The van der Waals surface area contributed by atoms with Gasteiger partial charge in [0.1, 0.15) is 11.4 Å². The van der Waals surface area contributed by atoms with Gasteiger partial charge in [0.05, 0.1) is 0 Å². The van der Waals surface area contributed by atoms with Crippen molar-refractivity contribution in [2.24, 2.45) is 0 Å². The zero-order valence-electron chi connectivity index (χ0n) is 6.67. The lowest BCUT2D eigenvalue weighted by Gasteiger charge is -2.13. The first kappa shape index (κ1) is 10.3. The molecule has 1 fully saturated rings. The number of hydrogen-bond donors (Lipinski definition) is 0. The fourth-order valence-corrected chi connectivity index (χ4v) is 3.08. The average molecular weight is 215 g/mol. The molecule has 0 spiro atoms. The summed E-state index contributed by atoms with van der Waals surface area (Å²) >= 11 is 0. The summed E-state index contributed by atoms with van der Waals surface area (Å²) in [4.78, 5) is 0. The van der Waals surface area contributed by atoms with Crippen LogP contribution in [-0.4, -0.2) is 19.8 Å². The third-order valence-corrected chi connectivity index (χ3v) is 4.17. The highest BCUT2D eigenvalue weighted by Crippen LogP contribution is 2.27. The third-order valence-electron chi connectivity index (χ3n) is 2.23. The minimum absolute atomic E-state index is 0.330. The molecule has 0 aromatic carbocycles. The molecule has 1 saturated carbocycles. The van der Waals surface area contributed by atoms with Gasteiger partial charge in [-0.15, -0.1) is 0 Å². The molecular formula is C7H12ClFO2S. The molecule has 1 rings (SSSR count).